The van der Waals surface area contributed by atoms with Crippen molar-refractivity contribution < 1.29 is 0 Å². The highest BCUT2D eigenvalue weighted by Crippen LogP contribution is 2.30. The summed E-state index contributed by atoms with van der Waals surface area (Å²) in [6, 6.07) is 12.8. The van der Waals surface area contributed by atoms with Crippen molar-refractivity contribution in [2.24, 2.45) is 0 Å². The Labute approximate surface area is 125 Å². The van der Waals surface area contributed by atoms with Crippen molar-refractivity contribution in [3.63, 3.8) is 0 Å². The van der Waals surface area contributed by atoms with Crippen molar-refractivity contribution in [3.8, 4) is 0 Å². The van der Waals surface area contributed by atoms with Crippen LogP contribution in [0, 0.1) is 0 Å². The van der Waals surface area contributed by atoms with Gasteiger partial charge in [-0.25, -0.2) is 4.98 Å². The minimum atomic E-state index is 0.205. The Morgan fingerprint density at radius 2 is 1.80 bits per heavy atom. The summed E-state index contributed by atoms with van der Waals surface area (Å²) in [5.41, 5.74) is 7.20. The number of nitrogen functional groups attached to an aromatic ring is 1. The molecule has 3 N–H and O–H groups in total. The maximum absolute atomic E-state index is 6.15. The van der Waals surface area contributed by atoms with Gasteiger partial charge in [-0.2, -0.15) is 4.98 Å². The summed E-state index contributed by atoms with van der Waals surface area (Å²) in [5.74, 6) is 0.814. The lowest BCUT2D eigenvalue weighted by atomic mass is 10.2. The topological polar surface area (TPSA) is 63.8 Å². The number of hydrogen-bond donors (Lipinski definition) is 2. The first-order valence-corrected chi connectivity index (χ1v) is 6.63. The Kier molecular flexibility index (Phi) is 3.34. The molecule has 20 heavy (non-hydrogen) atoms. The molecule has 0 spiro atoms. The van der Waals surface area contributed by atoms with Gasteiger partial charge in [0.25, 0.3) is 0 Å². The average Bonchev–Trinajstić information content (AvgIpc) is 2.41. The van der Waals surface area contributed by atoms with E-state index in [0.29, 0.717) is 21.6 Å². The maximum atomic E-state index is 6.15. The predicted octanol–water partition coefficient (Wildman–Crippen LogP) is 4.26. The number of nitrogens with zero attached hydrogens (tertiary/aromatic N) is 2. The quantitative estimate of drug-likeness (QED) is 0.742. The summed E-state index contributed by atoms with van der Waals surface area (Å²) in [5, 5.41) is 5.12. The molecule has 0 saturated heterocycles. The van der Waals surface area contributed by atoms with Crippen LogP contribution in [0.1, 0.15) is 0 Å². The molecule has 1 aromatic heterocycles. The van der Waals surface area contributed by atoms with Gasteiger partial charge in [-0.3, -0.25) is 0 Å². The van der Waals surface area contributed by atoms with Crippen molar-refractivity contribution in [3.05, 3.63) is 52.5 Å². The lowest BCUT2D eigenvalue weighted by Crippen LogP contribution is -2.01. The third kappa shape index (κ3) is 2.48. The van der Waals surface area contributed by atoms with Gasteiger partial charge >= 0.3 is 0 Å². The first-order valence-electron chi connectivity index (χ1n) is 5.88. The van der Waals surface area contributed by atoms with E-state index in [9.17, 15) is 0 Å². The highest BCUT2D eigenvalue weighted by molar-refractivity contribution is 6.36. The molecule has 2 aromatic carbocycles. The second-order valence-corrected chi connectivity index (χ2v) is 5.04. The van der Waals surface area contributed by atoms with Crippen LogP contribution in [0.2, 0.25) is 10.0 Å². The average molecular weight is 305 g/mol. The monoisotopic (exact) mass is 304 g/mol. The van der Waals surface area contributed by atoms with Crippen LogP contribution in [0.4, 0.5) is 17.5 Å². The summed E-state index contributed by atoms with van der Waals surface area (Å²) >= 11 is 12.0. The van der Waals surface area contributed by atoms with Gasteiger partial charge in [0.05, 0.1) is 16.2 Å². The predicted molar refractivity (Wildman–Crippen MR) is 83.7 cm³/mol. The third-order valence-corrected chi connectivity index (χ3v) is 3.35. The second kappa shape index (κ2) is 5.15. The fourth-order valence-corrected chi connectivity index (χ4v) is 2.36. The number of para-hydroxylation sites is 1. The number of halogens is 2. The van der Waals surface area contributed by atoms with Crippen LogP contribution in [0.3, 0.4) is 0 Å². The van der Waals surface area contributed by atoms with Crippen LogP contribution in [-0.2, 0) is 0 Å². The van der Waals surface area contributed by atoms with Gasteiger partial charge in [-0.1, -0.05) is 35.3 Å². The lowest BCUT2D eigenvalue weighted by molar-refractivity contribution is 1.23. The zero-order valence-corrected chi connectivity index (χ0v) is 11.8. The summed E-state index contributed by atoms with van der Waals surface area (Å²) in [6.07, 6.45) is 0. The number of nitrogens with one attached hydrogen (secondary N) is 1. The molecular weight excluding hydrogens is 295 g/mol. The highest BCUT2D eigenvalue weighted by atomic mass is 35.5. The van der Waals surface area contributed by atoms with E-state index in [1.165, 1.54) is 0 Å². The number of nitrogens with two attached hydrogens (primary N) is 1. The molecule has 0 fully saturated rings. The van der Waals surface area contributed by atoms with E-state index in [-0.39, 0.29) is 5.95 Å². The fraction of sp³-hybridized carbons (Fsp3) is 0. The van der Waals surface area contributed by atoms with Crippen molar-refractivity contribution in [2.45, 2.75) is 0 Å². The third-order valence-electron chi connectivity index (χ3n) is 2.80. The van der Waals surface area contributed by atoms with Gasteiger partial charge in [-0.15, -0.1) is 0 Å². The molecule has 100 valence electrons. The smallest absolute Gasteiger partial charge is 0.222 e. The van der Waals surface area contributed by atoms with Gasteiger partial charge in [0, 0.05) is 10.4 Å². The van der Waals surface area contributed by atoms with E-state index in [0.717, 1.165) is 10.9 Å². The van der Waals surface area contributed by atoms with Crippen molar-refractivity contribution in [2.75, 3.05) is 11.1 Å². The lowest BCUT2D eigenvalue weighted by Gasteiger charge is -2.10. The zero-order chi connectivity index (χ0) is 14.1. The summed E-state index contributed by atoms with van der Waals surface area (Å²) in [6.45, 7) is 0. The van der Waals surface area contributed by atoms with Gasteiger partial charge in [0.2, 0.25) is 5.95 Å². The second-order valence-electron chi connectivity index (χ2n) is 4.20. The molecule has 0 saturated carbocycles. The molecule has 4 nitrogen and oxygen atoms in total. The van der Waals surface area contributed by atoms with Crippen LogP contribution >= 0.6 is 23.2 Å². The highest BCUT2D eigenvalue weighted by Gasteiger charge is 2.08. The van der Waals surface area contributed by atoms with Gasteiger partial charge in [0.15, 0.2) is 0 Å². The number of rotatable bonds is 2. The zero-order valence-electron chi connectivity index (χ0n) is 10.3. The molecule has 3 aromatic rings. The maximum Gasteiger partial charge on any atom is 0.222 e. The Bertz CT molecular complexity index is 789. The van der Waals surface area contributed by atoms with E-state index < -0.39 is 0 Å². The number of fused-ring (bicyclic) bond motifs is 1. The summed E-state index contributed by atoms with van der Waals surface area (Å²) in [4.78, 5) is 8.41. The molecule has 0 aliphatic heterocycles. The summed E-state index contributed by atoms with van der Waals surface area (Å²) in [7, 11) is 0. The molecule has 0 radical (unpaired) electrons. The van der Waals surface area contributed by atoms with Crippen molar-refractivity contribution in [1.82, 2.24) is 9.97 Å². The molecule has 0 unspecified atom stereocenters. The molecule has 0 bridgehead atoms. The minimum Gasteiger partial charge on any atom is -0.368 e. The molecule has 0 amide bonds. The van der Waals surface area contributed by atoms with Gasteiger partial charge in [-0.05, 0) is 30.3 Å². The van der Waals surface area contributed by atoms with Crippen molar-refractivity contribution >= 4 is 51.6 Å². The van der Waals surface area contributed by atoms with Crippen LogP contribution in [-0.4, -0.2) is 9.97 Å². The first-order chi connectivity index (χ1) is 9.63. The number of anilines is 3. The Morgan fingerprint density at radius 3 is 2.60 bits per heavy atom. The SMILES string of the molecule is Nc1nc(Nc2ccc(Cl)cc2Cl)c2ccccc2n1. The Hall–Kier alpha value is -2.04. The van der Waals surface area contributed by atoms with Gasteiger partial charge < -0.3 is 11.1 Å². The molecule has 1 heterocycles. The Balaban J connectivity index is 2.10. The standard InChI is InChI=1S/C14H10Cl2N4/c15-8-5-6-12(10(16)7-8)18-13-9-3-1-2-4-11(9)19-14(17)20-13/h1-7H,(H3,17,18,19,20). The normalized spacial score (nSPS) is 10.7. The molecule has 0 atom stereocenters. The van der Waals surface area contributed by atoms with E-state index in [4.69, 9.17) is 28.9 Å². The van der Waals surface area contributed by atoms with E-state index in [1.54, 1.807) is 18.2 Å². The first kappa shape index (κ1) is 13.0. The molecule has 3 rings (SSSR count). The summed E-state index contributed by atoms with van der Waals surface area (Å²) < 4.78 is 0. The van der Waals surface area contributed by atoms with Crippen LogP contribution < -0.4 is 11.1 Å². The molecule has 6 heteroatoms. The van der Waals surface area contributed by atoms with Crippen LogP contribution in [0.15, 0.2) is 42.5 Å². The largest absolute Gasteiger partial charge is 0.368 e. The van der Waals surface area contributed by atoms with Crippen molar-refractivity contribution in [1.29, 1.82) is 0 Å². The number of benzene rings is 2. The van der Waals surface area contributed by atoms with E-state index >= 15 is 0 Å². The van der Waals surface area contributed by atoms with E-state index in [1.807, 2.05) is 24.3 Å². The fourth-order valence-electron chi connectivity index (χ4n) is 1.91. The Morgan fingerprint density at radius 1 is 1.00 bits per heavy atom. The molecular formula is C14H10Cl2N4. The molecule has 0 aliphatic rings. The van der Waals surface area contributed by atoms with E-state index in [2.05, 4.69) is 15.3 Å². The number of hydrogen-bond acceptors (Lipinski definition) is 4. The number of aromatic nitrogens is 2. The minimum absolute atomic E-state index is 0.205. The van der Waals surface area contributed by atoms with Gasteiger partial charge in [0.1, 0.15) is 5.82 Å². The van der Waals surface area contributed by atoms with Crippen LogP contribution in [0.5, 0.6) is 0 Å². The molecule has 0 aliphatic carbocycles. The van der Waals surface area contributed by atoms with Crippen LogP contribution in [0.25, 0.3) is 10.9 Å².